The Labute approximate surface area is 88.0 Å². The maximum atomic E-state index is 11.3. The number of hydrogen-bond acceptors (Lipinski definition) is 3. The largest absolute Gasteiger partial charge is 0.331 e. The number of nitrogens with one attached hydrogen (secondary N) is 1. The molecule has 0 aliphatic heterocycles. The Morgan fingerprint density at radius 1 is 1.50 bits per heavy atom. The van der Waals surface area contributed by atoms with Gasteiger partial charge in [-0.05, 0) is 15.9 Å². The van der Waals surface area contributed by atoms with E-state index in [2.05, 4.69) is 30.9 Å². The lowest BCUT2D eigenvalue weighted by Gasteiger charge is -2.00. The van der Waals surface area contributed by atoms with Gasteiger partial charge in [-0.15, -0.1) is 0 Å². The second-order valence-electron chi connectivity index (χ2n) is 2.80. The third-order valence-electron chi connectivity index (χ3n) is 1.82. The van der Waals surface area contributed by atoms with Crippen LogP contribution in [0.5, 0.6) is 0 Å². The third kappa shape index (κ3) is 1.48. The van der Waals surface area contributed by atoms with E-state index in [0.29, 0.717) is 10.3 Å². The van der Waals surface area contributed by atoms with Crippen molar-refractivity contribution in [3.05, 3.63) is 33.5 Å². The van der Waals surface area contributed by atoms with E-state index in [1.54, 1.807) is 17.1 Å². The van der Waals surface area contributed by atoms with Crippen LogP contribution in [0, 0.1) is 0 Å². The zero-order valence-corrected chi connectivity index (χ0v) is 8.95. The fraction of sp³-hybridized carbons (Fsp3) is 0.125. The molecular formula is C8H7BrN4O. The predicted octanol–water partition coefficient (Wildman–Crippen LogP) is 0.933. The average molecular weight is 255 g/mol. The number of hydrogen-bond donors (Lipinski definition) is 1. The standard InChI is InChI=1S/C8H7BrN4O/c1-13-4-10-3-6(13)7-11-2-5(9)8(14)12-7/h2-4H,1H3,(H,11,12,14). The second-order valence-corrected chi connectivity index (χ2v) is 3.65. The molecule has 0 radical (unpaired) electrons. The zero-order valence-electron chi connectivity index (χ0n) is 7.36. The quantitative estimate of drug-likeness (QED) is 0.824. The average Bonchev–Trinajstić information content (AvgIpc) is 2.57. The molecule has 2 aromatic heterocycles. The van der Waals surface area contributed by atoms with Crippen LogP contribution in [0.1, 0.15) is 0 Å². The number of nitrogens with zero attached hydrogens (tertiary/aromatic N) is 3. The highest BCUT2D eigenvalue weighted by molar-refractivity contribution is 9.10. The van der Waals surface area contributed by atoms with E-state index >= 15 is 0 Å². The van der Waals surface area contributed by atoms with Gasteiger partial charge in [-0.25, -0.2) is 9.97 Å². The van der Waals surface area contributed by atoms with Gasteiger partial charge >= 0.3 is 0 Å². The molecule has 0 saturated carbocycles. The molecule has 0 atom stereocenters. The van der Waals surface area contributed by atoms with E-state index in [1.165, 1.54) is 6.20 Å². The Hall–Kier alpha value is -1.43. The monoisotopic (exact) mass is 254 g/mol. The summed E-state index contributed by atoms with van der Waals surface area (Å²) in [6.45, 7) is 0. The summed E-state index contributed by atoms with van der Waals surface area (Å²) in [5.74, 6) is 0.512. The number of aromatic amines is 1. The van der Waals surface area contributed by atoms with Gasteiger partial charge in [-0.2, -0.15) is 0 Å². The number of H-pyrrole nitrogens is 1. The molecule has 0 saturated heterocycles. The Morgan fingerprint density at radius 2 is 2.29 bits per heavy atom. The molecule has 0 bridgehead atoms. The van der Waals surface area contributed by atoms with E-state index in [1.807, 2.05) is 7.05 Å². The first-order valence-electron chi connectivity index (χ1n) is 3.90. The lowest BCUT2D eigenvalue weighted by atomic mass is 10.4. The number of aromatic nitrogens is 4. The molecule has 0 fully saturated rings. The molecule has 1 N–H and O–H groups in total. The van der Waals surface area contributed by atoms with E-state index in [9.17, 15) is 4.79 Å². The Bertz CT molecular complexity index is 516. The summed E-state index contributed by atoms with van der Waals surface area (Å²) in [6.07, 6.45) is 4.77. The molecule has 14 heavy (non-hydrogen) atoms. The SMILES string of the molecule is Cn1cncc1-c1ncc(Br)c(=O)[nH]1. The predicted molar refractivity (Wildman–Crippen MR) is 54.8 cm³/mol. The molecule has 0 aliphatic rings. The van der Waals surface area contributed by atoms with E-state index in [-0.39, 0.29) is 5.56 Å². The van der Waals surface area contributed by atoms with Gasteiger partial charge < -0.3 is 9.55 Å². The van der Waals surface area contributed by atoms with Crippen LogP contribution in [-0.2, 0) is 7.05 Å². The summed E-state index contributed by atoms with van der Waals surface area (Å²) in [4.78, 5) is 21.9. The fourth-order valence-corrected chi connectivity index (χ4v) is 1.30. The van der Waals surface area contributed by atoms with Gasteiger partial charge in [0.05, 0.1) is 12.5 Å². The maximum absolute atomic E-state index is 11.3. The van der Waals surface area contributed by atoms with Gasteiger partial charge in [-0.1, -0.05) is 0 Å². The van der Waals surface area contributed by atoms with Gasteiger partial charge in [0.25, 0.3) is 5.56 Å². The number of imidazole rings is 1. The van der Waals surface area contributed by atoms with Gasteiger partial charge in [0.15, 0.2) is 5.82 Å². The molecule has 2 heterocycles. The van der Waals surface area contributed by atoms with Crippen LogP contribution in [0.3, 0.4) is 0 Å². The molecule has 0 aromatic carbocycles. The van der Waals surface area contributed by atoms with Crippen LogP contribution in [0.15, 0.2) is 28.0 Å². The Kier molecular flexibility index (Phi) is 2.20. The highest BCUT2D eigenvalue weighted by Gasteiger charge is 2.05. The summed E-state index contributed by atoms with van der Waals surface area (Å²) in [6, 6.07) is 0. The highest BCUT2D eigenvalue weighted by atomic mass is 79.9. The van der Waals surface area contributed by atoms with Crippen molar-refractivity contribution in [1.82, 2.24) is 19.5 Å². The first-order chi connectivity index (χ1) is 6.68. The van der Waals surface area contributed by atoms with E-state index in [4.69, 9.17) is 0 Å². The number of rotatable bonds is 1. The minimum Gasteiger partial charge on any atom is -0.331 e. The minimum atomic E-state index is -0.198. The number of halogens is 1. The summed E-state index contributed by atoms with van der Waals surface area (Å²) in [5, 5.41) is 0. The topological polar surface area (TPSA) is 63.6 Å². The van der Waals surface area contributed by atoms with Crippen molar-refractivity contribution in [1.29, 1.82) is 0 Å². The van der Waals surface area contributed by atoms with Crippen molar-refractivity contribution in [3.8, 4) is 11.5 Å². The summed E-state index contributed by atoms with van der Waals surface area (Å²) >= 11 is 3.08. The molecule has 0 aliphatic carbocycles. The van der Waals surface area contributed by atoms with Crippen molar-refractivity contribution >= 4 is 15.9 Å². The van der Waals surface area contributed by atoms with Gasteiger partial charge in [0, 0.05) is 13.2 Å². The van der Waals surface area contributed by atoms with Gasteiger partial charge in [0.1, 0.15) is 10.2 Å². The molecule has 0 amide bonds. The molecule has 6 heteroatoms. The second kappa shape index (κ2) is 3.38. The van der Waals surface area contributed by atoms with Crippen LogP contribution in [0.4, 0.5) is 0 Å². The normalized spacial score (nSPS) is 10.4. The first kappa shape index (κ1) is 9.14. The third-order valence-corrected chi connectivity index (χ3v) is 2.38. The molecule has 0 unspecified atom stereocenters. The fourth-order valence-electron chi connectivity index (χ4n) is 1.09. The maximum Gasteiger partial charge on any atom is 0.265 e. The first-order valence-corrected chi connectivity index (χ1v) is 4.69. The van der Waals surface area contributed by atoms with Crippen LogP contribution in [0.2, 0.25) is 0 Å². The van der Waals surface area contributed by atoms with Gasteiger partial charge in [0.2, 0.25) is 0 Å². The summed E-state index contributed by atoms with van der Waals surface area (Å²) in [5.41, 5.74) is 0.575. The van der Waals surface area contributed by atoms with Crippen molar-refractivity contribution < 1.29 is 0 Å². The molecule has 2 rings (SSSR count). The Balaban J connectivity index is 2.59. The van der Waals surface area contributed by atoms with Crippen LogP contribution < -0.4 is 5.56 Å². The lowest BCUT2D eigenvalue weighted by Crippen LogP contribution is -2.10. The van der Waals surface area contributed by atoms with Gasteiger partial charge in [-0.3, -0.25) is 4.79 Å². The van der Waals surface area contributed by atoms with Crippen LogP contribution >= 0.6 is 15.9 Å². The molecule has 0 spiro atoms. The van der Waals surface area contributed by atoms with Crippen molar-refractivity contribution in [2.24, 2.45) is 7.05 Å². The summed E-state index contributed by atoms with van der Waals surface area (Å²) < 4.78 is 2.20. The summed E-state index contributed by atoms with van der Waals surface area (Å²) in [7, 11) is 1.84. The molecule has 2 aromatic rings. The van der Waals surface area contributed by atoms with Crippen molar-refractivity contribution in [3.63, 3.8) is 0 Å². The molecular weight excluding hydrogens is 248 g/mol. The van der Waals surface area contributed by atoms with E-state index < -0.39 is 0 Å². The minimum absolute atomic E-state index is 0.198. The Morgan fingerprint density at radius 3 is 2.86 bits per heavy atom. The van der Waals surface area contributed by atoms with Crippen molar-refractivity contribution in [2.75, 3.05) is 0 Å². The molecule has 5 nitrogen and oxygen atoms in total. The highest BCUT2D eigenvalue weighted by Crippen LogP contribution is 2.11. The molecule has 72 valence electrons. The van der Waals surface area contributed by atoms with Crippen LogP contribution in [0.25, 0.3) is 11.5 Å². The number of aryl methyl sites for hydroxylation is 1. The lowest BCUT2D eigenvalue weighted by molar-refractivity contribution is 0.905. The van der Waals surface area contributed by atoms with E-state index in [0.717, 1.165) is 5.69 Å². The van der Waals surface area contributed by atoms with Crippen LogP contribution in [-0.4, -0.2) is 19.5 Å². The van der Waals surface area contributed by atoms with Crippen molar-refractivity contribution in [2.45, 2.75) is 0 Å². The smallest absolute Gasteiger partial charge is 0.265 e. The zero-order chi connectivity index (χ0) is 10.1.